The van der Waals surface area contributed by atoms with E-state index in [0.29, 0.717) is 24.1 Å². The smallest absolute Gasteiger partial charge is 0.457 e. The summed E-state index contributed by atoms with van der Waals surface area (Å²) < 4.78 is 35.0. The first-order chi connectivity index (χ1) is 28.1. The Morgan fingerprint density at radius 3 is 1.43 bits per heavy atom. The van der Waals surface area contributed by atoms with Gasteiger partial charge in [0.25, 0.3) is 0 Å². The lowest BCUT2D eigenvalue weighted by Gasteiger charge is -2.24. The van der Waals surface area contributed by atoms with Gasteiger partial charge >= 0.3 is 13.8 Å². The number of carbonyl (C=O) groups excluding carboxylic acids is 1. The molecule has 2 unspecified atom stereocenters. The third-order valence-electron chi connectivity index (χ3n) is 10.2. The summed E-state index contributed by atoms with van der Waals surface area (Å²) in [6, 6.07) is 0. The highest BCUT2D eigenvalue weighted by molar-refractivity contribution is 7.47. The fourth-order valence-corrected chi connectivity index (χ4v) is 7.24. The number of esters is 1. The number of phosphoric ester groups is 1. The van der Waals surface area contributed by atoms with Crippen LogP contribution in [0.3, 0.4) is 0 Å². The lowest BCUT2D eigenvalue weighted by Crippen LogP contribution is -2.37. The van der Waals surface area contributed by atoms with Gasteiger partial charge in [0.2, 0.25) is 0 Å². The summed E-state index contributed by atoms with van der Waals surface area (Å²) in [7, 11) is 1.64. The number of quaternary nitrogens is 1. The van der Waals surface area contributed by atoms with Crippen molar-refractivity contribution in [3.63, 3.8) is 0 Å². The molecule has 1 N–H and O–H groups in total. The molecule has 8 nitrogen and oxygen atoms in total. The minimum atomic E-state index is -4.29. The van der Waals surface area contributed by atoms with Crippen molar-refractivity contribution in [1.82, 2.24) is 0 Å². The van der Waals surface area contributed by atoms with Crippen molar-refractivity contribution in [3.05, 3.63) is 48.6 Å². The van der Waals surface area contributed by atoms with Gasteiger partial charge in [0, 0.05) is 13.0 Å². The van der Waals surface area contributed by atoms with Crippen LogP contribution >= 0.6 is 7.82 Å². The Kier molecular flexibility index (Phi) is 41.0. The molecule has 0 aliphatic rings. The van der Waals surface area contributed by atoms with Crippen LogP contribution in [0, 0.1) is 0 Å². The quantitative estimate of drug-likeness (QED) is 0.0215. The highest BCUT2D eigenvalue weighted by Gasteiger charge is 2.26. The number of likely N-dealkylation sites (N-methyl/N-ethyl adjacent to an activating group) is 1. The Bertz CT molecular complexity index is 1070. The summed E-state index contributed by atoms with van der Waals surface area (Å²) in [6.07, 6.45) is 51.7. The lowest BCUT2D eigenvalue weighted by atomic mass is 10.0. The van der Waals surface area contributed by atoms with E-state index in [2.05, 4.69) is 62.5 Å². The number of rotatable bonds is 44. The molecule has 2 atom stereocenters. The molecule has 0 fully saturated rings. The van der Waals surface area contributed by atoms with Crippen molar-refractivity contribution in [3.8, 4) is 0 Å². The molecule has 0 aromatic carbocycles. The highest BCUT2D eigenvalue weighted by Crippen LogP contribution is 2.43. The van der Waals surface area contributed by atoms with Gasteiger partial charge in [-0.05, 0) is 44.9 Å². The molecule has 0 amide bonds. The van der Waals surface area contributed by atoms with E-state index in [1.54, 1.807) is 0 Å². The van der Waals surface area contributed by atoms with E-state index in [9.17, 15) is 14.3 Å². The second-order valence-electron chi connectivity index (χ2n) is 17.1. The maximum atomic E-state index is 12.7. The van der Waals surface area contributed by atoms with Crippen molar-refractivity contribution < 1.29 is 37.3 Å². The van der Waals surface area contributed by atoms with Gasteiger partial charge in [0.05, 0.1) is 34.4 Å². The average molecular weight is 839 g/mol. The van der Waals surface area contributed by atoms with Crippen LogP contribution in [0.1, 0.15) is 200 Å². The molecule has 0 aliphatic heterocycles. The number of allylic oxidation sites excluding steroid dienone is 8. The van der Waals surface area contributed by atoms with E-state index in [1.807, 2.05) is 21.1 Å². The number of hydrogen-bond acceptors (Lipinski definition) is 6. The number of phosphoric acid groups is 1. The topological polar surface area (TPSA) is 91.3 Å². The van der Waals surface area contributed by atoms with Crippen LogP contribution in [0.4, 0.5) is 0 Å². The maximum absolute atomic E-state index is 12.7. The van der Waals surface area contributed by atoms with Gasteiger partial charge in [-0.1, -0.05) is 197 Å². The Morgan fingerprint density at radius 2 is 0.983 bits per heavy atom. The summed E-state index contributed by atoms with van der Waals surface area (Å²) in [6.45, 7) is 5.38. The predicted molar refractivity (Wildman–Crippen MR) is 247 cm³/mol. The minimum Gasteiger partial charge on any atom is -0.457 e. The number of nitrogens with zero attached hydrogens (tertiary/aromatic N) is 1. The zero-order valence-electron chi connectivity index (χ0n) is 38.5. The monoisotopic (exact) mass is 839 g/mol. The van der Waals surface area contributed by atoms with E-state index in [0.717, 1.165) is 57.8 Å². The highest BCUT2D eigenvalue weighted by atomic mass is 31.2. The zero-order valence-corrected chi connectivity index (χ0v) is 39.4. The van der Waals surface area contributed by atoms with E-state index in [-0.39, 0.29) is 25.8 Å². The Hall–Kier alpha value is -1.54. The third kappa shape index (κ3) is 45.5. The molecule has 0 saturated carbocycles. The van der Waals surface area contributed by atoms with Crippen LogP contribution < -0.4 is 0 Å². The molecule has 0 spiro atoms. The van der Waals surface area contributed by atoms with Crippen LogP contribution in [0.15, 0.2) is 48.6 Å². The molecular weight excluding hydrogens is 746 g/mol. The van der Waals surface area contributed by atoms with Crippen LogP contribution in [0.25, 0.3) is 0 Å². The van der Waals surface area contributed by atoms with Gasteiger partial charge in [-0.2, -0.15) is 0 Å². The Labute approximate surface area is 358 Å². The molecule has 0 heterocycles. The summed E-state index contributed by atoms with van der Waals surface area (Å²) in [5.74, 6) is -0.330. The van der Waals surface area contributed by atoms with Gasteiger partial charge in [-0.3, -0.25) is 13.8 Å². The first-order valence-corrected chi connectivity index (χ1v) is 25.4. The minimum absolute atomic E-state index is 0.0784. The van der Waals surface area contributed by atoms with E-state index >= 15 is 0 Å². The number of hydrogen-bond donors (Lipinski definition) is 1. The van der Waals surface area contributed by atoms with Gasteiger partial charge in [0.1, 0.15) is 19.3 Å². The number of ether oxygens (including phenoxy) is 2. The van der Waals surface area contributed by atoms with Crippen molar-refractivity contribution in [2.24, 2.45) is 0 Å². The van der Waals surface area contributed by atoms with Crippen molar-refractivity contribution >= 4 is 13.8 Å². The first-order valence-electron chi connectivity index (χ1n) is 23.9. The van der Waals surface area contributed by atoms with Gasteiger partial charge in [-0.25, -0.2) is 4.57 Å². The van der Waals surface area contributed by atoms with Crippen LogP contribution in [-0.2, 0) is 27.9 Å². The fraction of sp³-hybridized carbons (Fsp3) is 0.816. The molecule has 58 heavy (non-hydrogen) atoms. The Balaban J connectivity index is 4.17. The second kappa shape index (κ2) is 42.2. The number of unbranched alkanes of at least 4 members (excludes halogenated alkanes) is 22. The molecule has 340 valence electrons. The summed E-state index contributed by atoms with van der Waals surface area (Å²) in [4.78, 5) is 22.9. The molecule has 0 radical (unpaired) electrons. The maximum Gasteiger partial charge on any atom is 0.472 e. The summed E-state index contributed by atoms with van der Waals surface area (Å²) >= 11 is 0. The standard InChI is InChI=1S/C49H92NO7P/c1-6-8-10-12-14-16-18-20-22-23-24-25-26-27-28-29-30-32-34-36-38-40-42-49(51)57-48(47-56-58(52,53)55-45-43-50(3,4)5)46-54-44-41-39-37-35-33-31-21-19-17-15-13-11-9-7-2/h9,11,15,17,21,31,35,37,48H,6-8,10,12-14,16,18-20,22-30,32-34,36,38-47H2,1-5H3/p+1/b11-9-,17-15-,31-21-,37-35-. The van der Waals surface area contributed by atoms with Gasteiger partial charge in [-0.15, -0.1) is 0 Å². The normalized spacial score (nSPS) is 14.1. The Morgan fingerprint density at radius 1 is 0.552 bits per heavy atom. The third-order valence-corrected chi connectivity index (χ3v) is 11.1. The molecule has 0 aromatic rings. The van der Waals surface area contributed by atoms with Crippen molar-refractivity contribution in [2.75, 3.05) is 54.1 Å². The summed E-state index contributed by atoms with van der Waals surface area (Å²) in [5, 5.41) is 0. The van der Waals surface area contributed by atoms with E-state index < -0.39 is 13.9 Å². The van der Waals surface area contributed by atoms with Crippen LogP contribution in [0.5, 0.6) is 0 Å². The van der Waals surface area contributed by atoms with Gasteiger partial charge in [0.15, 0.2) is 0 Å². The zero-order chi connectivity index (χ0) is 42.7. The first kappa shape index (κ1) is 56.5. The largest absolute Gasteiger partial charge is 0.472 e. The predicted octanol–water partition coefficient (Wildman–Crippen LogP) is 14.3. The molecule has 0 rings (SSSR count). The SMILES string of the molecule is CC/C=C\C/C=C\C/C=C\C/C=C\CCCOCC(COP(=O)(O)OCC[N+](C)(C)C)OC(=O)CCCCCCCCCCCCCCCCCCCCCCCC. The molecule has 0 aromatic heterocycles. The van der Waals surface area contributed by atoms with Crippen LogP contribution in [-0.4, -0.2) is 75.6 Å². The molecule has 0 bridgehead atoms. The van der Waals surface area contributed by atoms with Crippen molar-refractivity contribution in [1.29, 1.82) is 0 Å². The van der Waals surface area contributed by atoms with Gasteiger partial charge < -0.3 is 18.9 Å². The lowest BCUT2D eigenvalue weighted by molar-refractivity contribution is -0.870. The van der Waals surface area contributed by atoms with Crippen LogP contribution in [0.2, 0.25) is 0 Å². The molecule has 0 saturated heterocycles. The molecule has 9 heteroatoms. The van der Waals surface area contributed by atoms with Crippen molar-refractivity contribution in [2.45, 2.75) is 206 Å². The average Bonchev–Trinajstić information content (AvgIpc) is 3.18. The second-order valence-corrected chi connectivity index (χ2v) is 18.6. The number of carbonyl (C=O) groups is 1. The fourth-order valence-electron chi connectivity index (χ4n) is 6.50. The molecular formula is C49H93NO7P+. The molecule has 0 aliphatic carbocycles. The van der Waals surface area contributed by atoms with E-state index in [4.69, 9.17) is 18.5 Å². The van der Waals surface area contributed by atoms with E-state index in [1.165, 1.54) is 122 Å². The summed E-state index contributed by atoms with van der Waals surface area (Å²) in [5.41, 5.74) is 0.